The molecule has 4 nitrogen and oxygen atoms in total. The molecule has 20 heavy (non-hydrogen) atoms. The summed E-state index contributed by atoms with van der Waals surface area (Å²) in [4.78, 5) is 14.5. The highest BCUT2D eigenvalue weighted by Gasteiger charge is 2.29. The molecular formula is C16H24N2O2. The van der Waals surface area contributed by atoms with Crippen molar-refractivity contribution in [3.63, 3.8) is 0 Å². The molecule has 1 heterocycles. The lowest BCUT2D eigenvalue weighted by molar-refractivity contribution is 0.0651. The highest BCUT2D eigenvalue weighted by atomic mass is 16.5. The van der Waals surface area contributed by atoms with Gasteiger partial charge in [0.2, 0.25) is 0 Å². The van der Waals surface area contributed by atoms with Crippen LogP contribution >= 0.6 is 0 Å². The molecule has 0 spiro atoms. The average molecular weight is 276 g/mol. The van der Waals surface area contributed by atoms with Gasteiger partial charge in [-0.15, -0.1) is 0 Å². The lowest BCUT2D eigenvalue weighted by Crippen LogP contribution is -2.58. The van der Waals surface area contributed by atoms with Gasteiger partial charge in [0.1, 0.15) is 5.75 Å². The number of hydrogen-bond donors (Lipinski definition) is 1. The number of piperazine rings is 1. The summed E-state index contributed by atoms with van der Waals surface area (Å²) in [6, 6.07) is 7.48. The Bertz CT molecular complexity index is 471. The van der Waals surface area contributed by atoms with E-state index in [0.29, 0.717) is 12.2 Å². The Morgan fingerprint density at radius 3 is 2.95 bits per heavy atom. The summed E-state index contributed by atoms with van der Waals surface area (Å²) in [5.41, 5.74) is 0.681. The maximum atomic E-state index is 12.6. The summed E-state index contributed by atoms with van der Waals surface area (Å²) >= 11 is 0. The van der Waals surface area contributed by atoms with Crippen molar-refractivity contribution in [3.8, 4) is 5.75 Å². The molecule has 0 aromatic heterocycles. The first-order chi connectivity index (χ1) is 9.52. The number of amides is 1. The van der Waals surface area contributed by atoms with E-state index in [9.17, 15) is 4.79 Å². The van der Waals surface area contributed by atoms with Crippen LogP contribution < -0.4 is 10.1 Å². The van der Waals surface area contributed by atoms with E-state index in [2.05, 4.69) is 26.1 Å². The molecule has 110 valence electrons. The Balaban J connectivity index is 2.08. The number of hydrogen-bond acceptors (Lipinski definition) is 3. The smallest absolute Gasteiger partial charge is 0.254 e. The van der Waals surface area contributed by atoms with Crippen LogP contribution in [0.1, 0.15) is 37.6 Å². The second kappa shape index (κ2) is 6.27. The highest BCUT2D eigenvalue weighted by Crippen LogP contribution is 2.18. The fourth-order valence-corrected chi connectivity index (χ4v) is 2.44. The van der Waals surface area contributed by atoms with Gasteiger partial charge in [-0.25, -0.2) is 0 Å². The Morgan fingerprint density at radius 1 is 1.45 bits per heavy atom. The van der Waals surface area contributed by atoms with Crippen LogP contribution in [-0.4, -0.2) is 42.6 Å². The van der Waals surface area contributed by atoms with Crippen molar-refractivity contribution in [1.29, 1.82) is 0 Å². The molecular weight excluding hydrogens is 252 g/mol. The molecule has 1 saturated heterocycles. The first-order valence-corrected chi connectivity index (χ1v) is 7.29. The van der Waals surface area contributed by atoms with Gasteiger partial charge in [0.25, 0.3) is 5.91 Å². The SMILES string of the molecule is CCCOc1cccc(C(=O)N2CCNC(C)(C)C2)c1. The number of carbonyl (C=O) groups is 1. The third-order valence-corrected chi connectivity index (χ3v) is 3.41. The van der Waals surface area contributed by atoms with Gasteiger partial charge in [0.15, 0.2) is 0 Å². The van der Waals surface area contributed by atoms with Crippen LogP contribution in [0.25, 0.3) is 0 Å². The molecule has 0 saturated carbocycles. The maximum Gasteiger partial charge on any atom is 0.254 e. The van der Waals surface area contributed by atoms with E-state index in [1.54, 1.807) is 0 Å². The molecule has 1 aromatic carbocycles. The van der Waals surface area contributed by atoms with Crippen molar-refractivity contribution in [2.75, 3.05) is 26.2 Å². The van der Waals surface area contributed by atoms with Gasteiger partial charge in [-0.05, 0) is 38.5 Å². The van der Waals surface area contributed by atoms with Gasteiger partial charge in [0.05, 0.1) is 6.61 Å². The van der Waals surface area contributed by atoms with E-state index in [0.717, 1.165) is 31.8 Å². The first kappa shape index (κ1) is 14.9. The molecule has 1 fully saturated rings. The van der Waals surface area contributed by atoms with E-state index in [1.807, 2.05) is 29.2 Å². The monoisotopic (exact) mass is 276 g/mol. The largest absolute Gasteiger partial charge is 0.494 e. The maximum absolute atomic E-state index is 12.6. The molecule has 0 bridgehead atoms. The second-order valence-corrected chi connectivity index (χ2v) is 5.91. The van der Waals surface area contributed by atoms with Crippen molar-refractivity contribution in [1.82, 2.24) is 10.2 Å². The predicted molar refractivity (Wildman–Crippen MR) is 80.2 cm³/mol. The summed E-state index contributed by atoms with van der Waals surface area (Å²) in [5, 5.41) is 3.42. The minimum absolute atomic E-state index is 0.0236. The lowest BCUT2D eigenvalue weighted by atomic mass is 10.0. The van der Waals surface area contributed by atoms with Crippen molar-refractivity contribution >= 4 is 5.91 Å². The Hall–Kier alpha value is -1.55. The second-order valence-electron chi connectivity index (χ2n) is 5.91. The molecule has 1 aliphatic heterocycles. The van der Waals surface area contributed by atoms with Gasteiger partial charge in [-0.2, -0.15) is 0 Å². The Labute approximate surface area is 121 Å². The van der Waals surface area contributed by atoms with Gasteiger partial charge in [-0.1, -0.05) is 13.0 Å². The van der Waals surface area contributed by atoms with Crippen LogP contribution in [0.5, 0.6) is 5.75 Å². The van der Waals surface area contributed by atoms with Crippen molar-refractivity contribution < 1.29 is 9.53 Å². The molecule has 0 unspecified atom stereocenters. The quantitative estimate of drug-likeness (QED) is 0.917. The lowest BCUT2D eigenvalue weighted by Gasteiger charge is -2.39. The molecule has 0 aliphatic carbocycles. The number of nitrogens with zero attached hydrogens (tertiary/aromatic N) is 1. The summed E-state index contributed by atoms with van der Waals surface area (Å²) in [5.74, 6) is 0.855. The van der Waals surface area contributed by atoms with Gasteiger partial charge in [-0.3, -0.25) is 4.79 Å². The topological polar surface area (TPSA) is 41.6 Å². The molecule has 2 rings (SSSR count). The predicted octanol–water partition coefficient (Wildman–Crippen LogP) is 2.30. The molecule has 1 amide bonds. The Kier molecular flexibility index (Phi) is 4.65. The van der Waals surface area contributed by atoms with Crippen LogP contribution in [0.2, 0.25) is 0 Å². The first-order valence-electron chi connectivity index (χ1n) is 7.29. The summed E-state index contributed by atoms with van der Waals surface area (Å²) in [7, 11) is 0. The standard InChI is InChI=1S/C16H24N2O2/c1-4-10-20-14-7-5-6-13(11-14)15(19)18-9-8-17-16(2,3)12-18/h5-7,11,17H,4,8-10,12H2,1-3H3. The average Bonchev–Trinajstić information content (AvgIpc) is 2.43. The molecule has 4 heteroatoms. The zero-order valence-electron chi connectivity index (χ0n) is 12.6. The van der Waals surface area contributed by atoms with Crippen LogP contribution in [0.15, 0.2) is 24.3 Å². The van der Waals surface area contributed by atoms with Crippen molar-refractivity contribution in [2.45, 2.75) is 32.7 Å². The fraction of sp³-hybridized carbons (Fsp3) is 0.562. The minimum Gasteiger partial charge on any atom is -0.494 e. The normalized spacial score (nSPS) is 17.9. The number of ether oxygens (including phenoxy) is 1. The number of carbonyl (C=O) groups excluding carboxylic acids is 1. The van der Waals surface area contributed by atoms with E-state index >= 15 is 0 Å². The third-order valence-electron chi connectivity index (χ3n) is 3.41. The molecule has 1 aliphatic rings. The number of rotatable bonds is 4. The van der Waals surface area contributed by atoms with Crippen LogP contribution in [0, 0.1) is 0 Å². The van der Waals surface area contributed by atoms with Gasteiger partial charge >= 0.3 is 0 Å². The van der Waals surface area contributed by atoms with Gasteiger partial charge in [0, 0.05) is 30.7 Å². The zero-order chi connectivity index (χ0) is 14.6. The minimum atomic E-state index is -0.0236. The van der Waals surface area contributed by atoms with Crippen LogP contribution in [0.4, 0.5) is 0 Å². The number of nitrogens with one attached hydrogen (secondary N) is 1. The van der Waals surface area contributed by atoms with E-state index in [4.69, 9.17) is 4.74 Å². The van der Waals surface area contributed by atoms with E-state index in [1.165, 1.54) is 0 Å². The number of benzene rings is 1. The summed E-state index contributed by atoms with van der Waals surface area (Å²) < 4.78 is 5.59. The summed E-state index contributed by atoms with van der Waals surface area (Å²) in [6.45, 7) is 9.30. The van der Waals surface area contributed by atoms with Crippen LogP contribution in [-0.2, 0) is 0 Å². The Morgan fingerprint density at radius 2 is 2.25 bits per heavy atom. The van der Waals surface area contributed by atoms with Gasteiger partial charge < -0.3 is 15.0 Å². The molecule has 0 radical (unpaired) electrons. The third kappa shape index (κ3) is 3.73. The van der Waals surface area contributed by atoms with Crippen molar-refractivity contribution in [3.05, 3.63) is 29.8 Å². The molecule has 1 N–H and O–H groups in total. The van der Waals surface area contributed by atoms with E-state index < -0.39 is 0 Å². The van der Waals surface area contributed by atoms with Crippen molar-refractivity contribution in [2.24, 2.45) is 0 Å². The molecule has 1 aromatic rings. The zero-order valence-corrected chi connectivity index (χ0v) is 12.6. The highest BCUT2D eigenvalue weighted by molar-refractivity contribution is 5.94. The fourth-order valence-electron chi connectivity index (χ4n) is 2.44. The van der Waals surface area contributed by atoms with E-state index in [-0.39, 0.29) is 11.4 Å². The summed E-state index contributed by atoms with van der Waals surface area (Å²) in [6.07, 6.45) is 0.962. The molecule has 0 atom stereocenters. The van der Waals surface area contributed by atoms with Crippen LogP contribution in [0.3, 0.4) is 0 Å².